The van der Waals surface area contributed by atoms with Crippen LogP contribution in [0.5, 0.6) is 0 Å². The Hall–Kier alpha value is -5.14. The first-order chi connectivity index (χ1) is 26.9. The number of hydrogen-bond acceptors (Lipinski definition) is 4. The van der Waals surface area contributed by atoms with Gasteiger partial charge in [0.1, 0.15) is 0 Å². The maximum Gasteiger partial charge on any atom is 0.216 e. The van der Waals surface area contributed by atoms with Crippen LogP contribution in [0.25, 0.3) is 72.6 Å². The van der Waals surface area contributed by atoms with E-state index in [1.807, 2.05) is 67.6 Å². The average Bonchev–Trinajstić information content (AvgIpc) is 3.76. The van der Waals surface area contributed by atoms with Gasteiger partial charge in [-0.3, -0.25) is 4.98 Å². The Kier molecular flexibility index (Phi) is 11.5. The molecule has 0 atom stereocenters. The summed E-state index contributed by atoms with van der Waals surface area (Å²) in [5.74, 6) is 8.11. The Bertz CT molecular complexity index is 2810. The van der Waals surface area contributed by atoms with Gasteiger partial charge in [-0.15, -0.1) is 18.2 Å². The van der Waals surface area contributed by atoms with Gasteiger partial charge in [-0.1, -0.05) is 71.6 Å². The summed E-state index contributed by atoms with van der Waals surface area (Å²) in [7, 11) is 0. The summed E-state index contributed by atoms with van der Waals surface area (Å²) in [6.45, 7) is 8.89. The molecule has 0 unspecified atom stereocenters. The van der Waals surface area contributed by atoms with Crippen molar-refractivity contribution >= 4 is 50.8 Å². The van der Waals surface area contributed by atoms with Crippen LogP contribution < -0.4 is 4.40 Å². The monoisotopic (exact) mass is 985 g/mol. The van der Waals surface area contributed by atoms with E-state index < -0.39 is 13.3 Å². The Balaban J connectivity index is 0.000000195. The van der Waals surface area contributed by atoms with Gasteiger partial charge in [0.05, 0.1) is 22.4 Å². The van der Waals surface area contributed by atoms with Crippen molar-refractivity contribution in [2.24, 2.45) is 5.41 Å². The number of aryl methyl sites for hydroxylation is 1. The van der Waals surface area contributed by atoms with Crippen molar-refractivity contribution in [1.29, 1.82) is 0 Å². The molecule has 0 fully saturated rings. The van der Waals surface area contributed by atoms with Gasteiger partial charge in [-0.2, -0.15) is 0 Å². The smallest absolute Gasteiger partial charge is 0.216 e. The van der Waals surface area contributed by atoms with Gasteiger partial charge in [0.15, 0.2) is 0 Å². The van der Waals surface area contributed by atoms with Crippen molar-refractivity contribution in [3.8, 4) is 39.5 Å². The van der Waals surface area contributed by atoms with E-state index in [9.17, 15) is 0 Å². The second-order valence-corrected chi connectivity index (χ2v) is 27.2. The third-order valence-electron chi connectivity index (χ3n) is 9.96. The standard InChI is InChI=1S/C31H20N3O.C19H26GeN.Ir/c1-20-18-19-24-23-13-9-14-25(29(23)35-31(24)32-20)30-33-26-15-6-8-17-28(26)34(30)27-16-7-5-12-22(27)21-10-3-2-4-11-21;1-19(2,3)13-16-12-18(15-10-8-7-9-11-15)21-14-17(16)20(4,5)6;/h2-13,15-19H,1H3;7-10,12,14H,13H2,1-6H3;/q2*-1;. The molecule has 9 rings (SSSR count). The summed E-state index contributed by atoms with van der Waals surface area (Å²) >= 11 is -1.90. The van der Waals surface area contributed by atoms with Crippen LogP contribution >= 0.6 is 0 Å². The molecule has 7 heteroatoms. The minimum Gasteiger partial charge on any atom is -0.486 e. The summed E-state index contributed by atoms with van der Waals surface area (Å²) in [6.07, 6.45) is 3.24. The number of rotatable bonds is 6. The Morgan fingerprint density at radius 2 is 1.47 bits per heavy atom. The van der Waals surface area contributed by atoms with E-state index in [2.05, 4.69) is 139 Å². The van der Waals surface area contributed by atoms with Gasteiger partial charge in [-0.05, 0) is 42.8 Å². The Labute approximate surface area is 352 Å². The van der Waals surface area contributed by atoms with Crippen LogP contribution in [-0.2, 0) is 26.5 Å². The molecular formula is C50H46GeIrN4O-2. The van der Waals surface area contributed by atoms with Gasteiger partial charge in [0, 0.05) is 42.4 Å². The molecule has 0 saturated heterocycles. The van der Waals surface area contributed by atoms with Gasteiger partial charge in [0.2, 0.25) is 5.71 Å². The Morgan fingerprint density at radius 3 is 2.23 bits per heavy atom. The fraction of sp³-hybridized carbons (Fsp3) is 0.180. The van der Waals surface area contributed by atoms with Gasteiger partial charge in [0.25, 0.3) is 0 Å². The summed E-state index contributed by atoms with van der Waals surface area (Å²) in [5.41, 5.74) is 12.3. The number of benzene rings is 5. The number of imidazole rings is 1. The van der Waals surface area contributed by atoms with Crippen molar-refractivity contribution in [2.45, 2.75) is 51.4 Å². The number of nitrogens with zero attached hydrogens (tertiary/aromatic N) is 4. The van der Waals surface area contributed by atoms with E-state index in [1.165, 1.54) is 9.96 Å². The molecule has 4 aromatic heterocycles. The molecule has 0 N–H and O–H groups in total. The minimum absolute atomic E-state index is 0. The van der Waals surface area contributed by atoms with E-state index in [4.69, 9.17) is 14.4 Å². The predicted molar refractivity (Wildman–Crippen MR) is 235 cm³/mol. The fourth-order valence-electron chi connectivity index (χ4n) is 7.44. The van der Waals surface area contributed by atoms with Crippen LogP contribution in [-0.4, -0.2) is 32.8 Å². The van der Waals surface area contributed by atoms with E-state index >= 15 is 0 Å². The van der Waals surface area contributed by atoms with E-state index in [1.54, 1.807) is 0 Å². The van der Waals surface area contributed by atoms with Crippen LogP contribution in [0, 0.1) is 24.5 Å². The summed E-state index contributed by atoms with van der Waals surface area (Å²) < 4.78 is 10.1. The predicted octanol–water partition coefficient (Wildman–Crippen LogP) is 12.4. The van der Waals surface area contributed by atoms with Crippen molar-refractivity contribution in [3.05, 3.63) is 163 Å². The molecule has 1 radical (unpaired) electrons. The molecule has 0 amide bonds. The van der Waals surface area contributed by atoms with Gasteiger partial charge in [-0.25, -0.2) is 4.98 Å². The molecule has 0 bridgehead atoms. The molecule has 0 aliphatic heterocycles. The van der Waals surface area contributed by atoms with Crippen molar-refractivity contribution in [2.75, 3.05) is 0 Å². The molecule has 0 spiro atoms. The average molecular weight is 984 g/mol. The zero-order chi connectivity index (χ0) is 39.0. The van der Waals surface area contributed by atoms with E-state index in [0.29, 0.717) is 11.1 Å². The van der Waals surface area contributed by atoms with Crippen molar-refractivity contribution < 1.29 is 24.5 Å². The van der Waals surface area contributed by atoms with Crippen LogP contribution in [0.2, 0.25) is 17.3 Å². The summed E-state index contributed by atoms with van der Waals surface area (Å²) in [4.78, 5) is 14.4. The normalized spacial score (nSPS) is 11.7. The summed E-state index contributed by atoms with van der Waals surface area (Å²) in [5, 5.41) is 2.00. The SMILES string of the molecule is CC(C)(C)Cc1cc(-c2[c-]cccc2)nc[c]1[Ge]([CH3])([CH3])[CH3].Cc1ccc2c(n1)oc1c(-c3nc4ccccc4n3-c3ccccc3-c3ccccc3)[c-]ccc12.[Ir]. The van der Waals surface area contributed by atoms with Gasteiger partial charge >= 0.3 is 132 Å². The molecule has 0 saturated carbocycles. The molecule has 57 heavy (non-hydrogen) atoms. The second kappa shape index (κ2) is 16.4. The molecule has 0 aliphatic carbocycles. The van der Waals surface area contributed by atoms with Crippen LogP contribution in [0.15, 0.2) is 144 Å². The number of furan rings is 1. The van der Waals surface area contributed by atoms with Crippen LogP contribution in [0.4, 0.5) is 0 Å². The second-order valence-electron chi connectivity index (χ2n) is 16.6. The third-order valence-corrected chi connectivity index (χ3v) is 14.3. The third kappa shape index (κ3) is 8.45. The molecular weight excluding hydrogens is 937 g/mol. The Morgan fingerprint density at radius 1 is 0.737 bits per heavy atom. The first-order valence-electron chi connectivity index (χ1n) is 19.2. The molecule has 5 aromatic carbocycles. The number of pyridine rings is 2. The molecule has 5 nitrogen and oxygen atoms in total. The first-order valence-corrected chi connectivity index (χ1v) is 26.6. The van der Waals surface area contributed by atoms with Crippen LogP contribution in [0.3, 0.4) is 0 Å². The molecule has 287 valence electrons. The molecule has 0 aliphatic rings. The topological polar surface area (TPSA) is 56.7 Å². The number of aromatic nitrogens is 4. The fourth-order valence-corrected chi connectivity index (χ4v) is 10.7. The maximum absolute atomic E-state index is 6.32. The zero-order valence-corrected chi connectivity index (χ0v) is 38.0. The molecule has 4 heterocycles. The zero-order valence-electron chi connectivity index (χ0n) is 33.5. The molecule has 9 aromatic rings. The quantitative estimate of drug-likeness (QED) is 0.123. The number of para-hydroxylation sites is 3. The number of fused-ring (bicyclic) bond motifs is 4. The summed E-state index contributed by atoms with van der Waals surface area (Å²) in [6, 6.07) is 52.3. The van der Waals surface area contributed by atoms with E-state index in [0.717, 1.165) is 79.0 Å². The van der Waals surface area contributed by atoms with Gasteiger partial charge < -0.3 is 8.98 Å². The maximum atomic E-state index is 6.32. The van der Waals surface area contributed by atoms with Crippen molar-refractivity contribution in [3.63, 3.8) is 0 Å². The van der Waals surface area contributed by atoms with Crippen molar-refractivity contribution in [1.82, 2.24) is 19.5 Å². The minimum atomic E-state index is -1.90. The van der Waals surface area contributed by atoms with E-state index in [-0.39, 0.29) is 20.1 Å². The first kappa shape index (κ1) is 40.1. The van der Waals surface area contributed by atoms with Crippen LogP contribution in [0.1, 0.15) is 32.0 Å². The largest absolute Gasteiger partial charge is 0.486 e. The number of hydrogen-bond donors (Lipinski definition) is 0.